The van der Waals surface area contributed by atoms with Crippen molar-refractivity contribution in [2.75, 3.05) is 18.5 Å². The molecule has 1 aromatic rings. The van der Waals surface area contributed by atoms with Crippen molar-refractivity contribution in [2.45, 2.75) is 19.9 Å². The molecule has 0 aliphatic carbocycles. The molecule has 68 valence electrons. The van der Waals surface area contributed by atoms with E-state index in [-0.39, 0.29) is 0 Å². The molecule has 0 saturated carbocycles. The second kappa shape index (κ2) is 5.17. The highest BCUT2D eigenvalue weighted by molar-refractivity contribution is 7.08. The van der Waals surface area contributed by atoms with Crippen molar-refractivity contribution in [3.63, 3.8) is 0 Å². The molecular weight excluding hydrogens is 170 g/mol. The van der Waals surface area contributed by atoms with E-state index in [0.29, 0.717) is 6.04 Å². The number of hydrogen-bond donors (Lipinski definition) is 1. The van der Waals surface area contributed by atoms with Crippen LogP contribution in [-0.2, 0) is 4.74 Å². The normalized spacial score (nSPS) is 12.8. The van der Waals surface area contributed by atoms with Crippen LogP contribution in [0.1, 0.15) is 13.8 Å². The number of hydrogen-bond acceptors (Lipinski definition) is 3. The monoisotopic (exact) mass is 185 g/mol. The van der Waals surface area contributed by atoms with Crippen LogP contribution < -0.4 is 5.32 Å². The molecule has 0 spiro atoms. The van der Waals surface area contributed by atoms with Gasteiger partial charge in [-0.3, -0.25) is 0 Å². The molecule has 1 unspecified atom stereocenters. The van der Waals surface area contributed by atoms with Crippen LogP contribution in [0, 0.1) is 0 Å². The molecule has 0 amide bonds. The van der Waals surface area contributed by atoms with Gasteiger partial charge in [0.15, 0.2) is 0 Å². The molecule has 1 rings (SSSR count). The Balaban J connectivity index is 2.22. The van der Waals surface area contributed by atoms with E-state index in [0.717, 1.165) is 13.2 Å². The SMILES string of the molecule is CCOCC(C)Nc1ccsc1. The second-order valence-corrected chi connectivity index (χ2v) is 3.50. The highest BCUT2D eigenvalue weighted by Gasteiger charge is 2.00. The van der Waals surface area contributed by atoms with Gasteiger partial charge in [-0.1, -0.05) is 0 Å². The molecule has 0 aromatic carbocycles. The van der Waals surface area contributed by atoms with E-state index in [1.807, 2.05) is 6.92 Å². The van der Waals surface area contributed by atoms with Gasteiger partial charge in [-0.2, -0.15) is 11.3 Å². The topological polar surface area (TPSA) is 21.3 Å². The van der Waals surface area contributed by atoms with Crippen molar-refractivity contribution < 1.29 is 4.74 Å². The van der Waals surface area contributed by atoms with Gasteiger partial charge >= 0.3 is 0 Å². The van der Waals surface area contributed by atoms with E-state index >= 15 is 0 Å². The lowest BCUT2D eigenvalue weighted by Gasteiger charge is -2.13. The first-order valence-corrected chi connectivity index (χ1v) is 5.13. The molecular formula is C9H15NOS. The molecule has 2 nitrogen and oxygen atoms in total. The van der Waals surface area contributed by atoms with Crippen LogP contribution in [0.2, 0.25) is 0 Å². The molecule has 3 heteroatoms. The maximum Gasteiger partial charge on any atom is 0.0664 e. The maximum absolute atomic E-state index is 5.28. The Morgan fingerprint density at radius 2 is 2.50 bits per heavy atom. The van der Waals surface area contributed by atoms with E-state index < -0.39 is 0 Å². The summed E-state index contributed by atoms with van der Waals surface area (Å²) >= 11 is 1.70. The fraction of sp³-hybridized carbons (Fsp3) is 0.556. The van der Waals surface area contributed by atoms with Crippen molar-refractivity contribution in [1.82, 2.24) is 0 Å². The minimum Gasteiger partial charge on any atom is -0.380 e. The zero-order valence-corrected chi connectivity index (χ0v) is 8.36. The molecule has 0 saturated heterocycles. The molecule has 12 heavy (non-hydrogen) atoms. The first kappa shape index (κ1) is 9.55. The molecule has 1 heterocycles. The van der Waals surface area contributed by atoms with Crippen molar-refractivity contribution >= 4 is 17.0 Å². The van der Waals surface area contributed by atoms with E-state index in [9.17, 15) is 0 Å². The van der Waals surface area contributed by atoms with Gasteiger partial charge in [0.05, 0.1) is 6.61 Å². The lowest BCUT2D eigenvalue weighted by Crippen LogP contribution is -2.21. The van der Waals surface area contributed by atoms with Crippen LogP contribution in [0.3, 0.4) is 0 Å². The average Bonchev–Trinajstić information content (AvgIpc) is 2.53. The quantitative estimate of drug-likeness (QED) is 0.761. The van der Waals surface area contributed by atoms with E-state index in [2.05, 4.69) is 29.1 Å². The summed E-state index contributed by atoms with van der Waals surface area (Å²) in [6.45, 7) is 5.69. The van der Waals surface area contributed by atoms with Crippen LogP contribution in [0.25, 0.3) is 0 Å². The first-order chi connectivity index (χ1) is 5.83. The Labute approximate surface area is 77.6 Å². The minimum absolute atomic E-state index is 0.388. The van der Waals surface area contributed by atoms with Crippen LogP contribution in [0.4, 0.5) is 5.69 Å². The van der Waals surface area contributed by atoms with Gasteiger partial charge in [0.25, 0.3) is 0 Å². The van der Waals surface area contributed by atoms with E-state index in [4.69, 9.17) is 4.74 Å². The summed E-state index contributed by atoms with van der Waals surface area (Å²) in [5.74, 6) is 0. The summed E-state index contributed by atoms with van der Waals surface area (Å²) in [5, 5.41) is 7.51. The molecule has 0 aliphatic heterocycles. The Kier molecular flexibility index (Phi) is 4.11. The third kappa shape index (κ3) is 3.24. The Bertz CT molecular complexity index is 198. The van der Waals surface area contributed by atoms with Crippen LogP contribution in [-0.4, -0.2) is 19.3 Å². The summed E-state index contributed by atoms with van der Waals surface area (Å²) in [4.78, 5) is 0. The number of nitrogens with one attached hydrogen (secondary N) is 1. The minimum atomic E-state index is 0.388. The maximum atomic E-state index is 5.28. The zero-order valence-electron chi connectivity index (χ0n) is 7.54. The van der Waals surface area contributed by atoms with Gasteiger partial charge in [0.1, 0.15) is 0 Å². The second-order valence-electron chi connectivity index (χ2n) is 2.72. The number of thiophene rings is 1. The number of rotatable bonds is 5. The first-order valence-electron chi connectivity index (χ1n) is 4.19. The molecule has 1 N–H and O–H groups in total. The molecule has 0 aliphatic rings. The molecule has 1 atom stereocenters. The van der Waals surface area contributed by atoms with Crippen molar-refractivity contribution in [3.05, 3.63) is 16.8 Å². The van der Waals surface area contributed by atoms with E-state index in [1.54, 1.807) is 11.3 Å². The predicted molar refractivity (Wildman–Crippen MR) is 53.9 cm³/mol. The van der Waals surface area contributed by atoms with E-state index in [1.165, 1.54) is 5.69 Å². The third-order valence-electron chi connectivity index (χ3n) is 1.51. The Morgan fingerprint density at radius 1 is 1.67 bits per heavy atom. The standard InChI is InChI=1S/C9H15NOS/c1-3-11-6-8(2)10-9-4-5-12-7-9/h4-5,7-8,10H,3,6H2,1-2H3. The van der Waals surface area contributed by atoms with Gasteiger partial charge in [0, 0.05) is 23.7 Å². The highest BCUT2D eigenvalue weighted by Crippen LogP contribution is 2.12. The Morgan fingerprint density at radius 3 is 3.08 bits per heavy atom. The van der Waals surface area contributed by atoms with Gasteiger partial charge in [0.2, 0.25) is 0 Å². The van der Waals surface area contributed by atoms with Crippen molar-refractivity contribution in [2.24, 2.45) is 0 Å². The predicted octanol–water partition coefficient (Wildman–Crippen LogP) is 2.59. The summed E-state index contributed by atoms with van der Waals surface area (Å²) in [7, 11) is 0. The zero-order chi connectivity index (χ0) is 8.81. The van der Waals surface area contributed by atoms with Gasteiger partial charge in [-0.15, -0.1) is 0 Å². The summed E-state index contributed by atoms with van der Waals surface area (Å²) in [5.41, 5.74) is 1.19. The fourth-order valence-corrected chi connectivity index (χ4v) is 1.56. The number of ether oxygens (including phenoxy) is 1. The lowest BCUT2D eigenvalue weighted by atomic mass is 10.3. The fourth-order valence-electron chi connectivity index (χ4n) is 0.967. The molecule has 1 aromatic heterocycles. The molecule has 0 fully saturated rings. The molecule has 0 bridgehead atoms. The smallest absolute Gasteiger partial charge is 0.0664 e. The third-order valence-corrected chi connectivity index (χ3v) is 2.19. The van der Waals surface area contributed by atoms with Gasteiger partial charge < -0.3 is 10.1 Å². The van der Waals surface area contributed by atoms with Gasteiger partial charge in [-0.05, 0) is 25.3 Å². The number of anilines is 1. The lowest BCUT2D eigenvalue weighted by molar-refractivity contribution is 0.141. The van der Waals surface area contributed by atoms with Crippen molar-refractivity contribution in [3.8, 4) is 0 Å². The summed E-state index contributed by atoms with van der Waals surface area (Å²) < 4.78 is 5.28. The van der Waals surface area contributed by atoms with Gasteiger partial charge in [-0.25, -0.2) is 0 Å². The largest absolute Gasteiger partial charge is 0.380 e. The van der Waals surface area contributed by atoms with Crippen LogP contribution in [0.15, 0.2) is 16.8 Å². The highest BCUT2D eigenvalue weighted by atomic mass is 32.1. The van der Waals surface area contributed by atoms with Crippen molar-refractivity contribution in [1.29, 1.82) is 0 Å². The average molecular weight is 185 g/mol. The summed E-state index contributed by atoms with van der Waals surface area (Å²) in [6, 6.07) is 2.46. The van der Waals surface area contributed by atoms with Crippen LogP contribution >= 0.6 is 11.3 Å². The van der Waals surface area contributed by atoms with Crippen LogP contribution in [0.5, 0.6) is 0 Å². The molecule has 0 radical (unpaired) electrons. The Hall–Kier alpha value is -0.540. The summed E-state index contributed by atoms with van der Waals surface area (Å²) in [6.07, 6.45) is 0.